The van der Waals surface area contributed by atoms with Crippen LogP contribution in [0, 0.1) is 12.5 Å². The molecular formula is C16H23N4O4S+. The second-order valence-electron chi connectivity index (χ2n) is 6.79. The van der Waals surface area contributed by atoms with E-state index in [0.29, 0.717) is 24.8 Å². The summed E-state index contributed by atoms with van der Waals surface area (Å²) in [5.41, 5.74) is -0.333. The smallest absolute Gasteiger partial charge is 0.465 e. The molecule has 1 saturated heterocycles. The van der Waals surface area contributed by atoms with Crippen molar-refractivity contribution in [2.45, 2.75) is 43.7 Å². The number of anilines is 1. The van der Waals surface area contributed by atoms with Gasteiger partial charge in [0.05, 0.1) is 4.25 Å². The van der Waals surface area contributed by atoms with Gasteiger partial charge in [0.15, 0.2) is 0 Å². The first-order chi connectivity index (χ1) is 11.7. The highest BCUT2D eigenvalue weighted by atomic mass is 32.2. The fourth-order valence-corrected chi connectivity index (χ4v) is 3.81. The highest BCUT2D eigenvalue weighted by Gasteiger charge is 2.40. The predicted molar refractivity (Wildman–Crippen MR) is 94.4 cm³/mol. The van der Waals surface area contributed by atoms with Gasteiger partial charge in [-0.15, -0.1) is 8.42 Å². The van der Waals surface area contributed by atoms with Crippen LogP contribution in [0.25, 0.3) is 4.25 Å². The molecule has 0 aromatic carbocycles. The lowest BCUT2D eigenvalue weighted by Crippen LogP contribution is -2.41. The number of likely N-dealkylation sites (tertiary alicyclic amines) is 1. The maximum atomic E-state index is 11.6. The van der Waals surface area contributed by atoms with Crippen LogP contribution in [0.15, 0.2) is 23.2 Å². The van der Waals surface area contributed by atoms with Crippen molar-refractivity contribution in [3.63, 3.8) is 0 Å². The average Bonchev–Trinajstić information content (AvgIpc) is 2.86. The van der Waals surface area contributed by atoms with E-state index in [-0.39, 0.29) is 10.6 Å². The van der Waals surface area contributed by atoms with Crippen molar-refractivity contribution in [3.8, 4) is 6.57 Å². The Morgan fingerprint density at radius 1 is 1.52 bits per heavy atom. The van der Waals surface area contributed by atoms with Gasteiger partial charge < -0.3 is 15.3 Å². The Labute approximate surface area is 147 Å². The number of carboxylic acid groups (broad SMARTS) is 1. The largest absolute Gasteiger partial charge is 0.528 e. The van der Waals surface area contributed by atoms with Crippen molar-refractivity contribution in [3.05, 3.63) is 22.4 Å². The van der Waals surface area contributed by atoms with Gasteiger partial charge in [-0.05, 0) is 51.2 Å². The standard InChI is InChI=1S/C16H22N4O4S/c1-16(2)10-12(11-20(16)15(21)22)6-5-9-18-13-7-4-8-14(19-13)25(23,24)17-3/h3-4,7-8,12H,5-6,9-11H2,1-2H3,(H-,18,19,21,22)/p+1/t12-/m0/s1. The first-order valence-electron chi connectivity index (χ1n) is 8.04. The van der Waals surface area contributed by atoms with Crippen molar-refractivity contribution in [1.82, 2.24) is 9.88 Å². The summed E-state index contributed by atoms with van der Waals surface area (Å²) in [5, 5.41) is 12.1. The molecule has 136 valence electrons. The van der Waals surface area contributed by atoms with Crippen molar-refractivity contribution in [1.29, 1.82) is 0 Å². The maximum Gasteiger partial charge on any atom is 0.528 e. The molecule has 0 radical (unpaired) electrons. The molecule has 2 N–H and O–H groups in total. The number of amides is 1. The maximum absolute atomic E-state index is 11.6. The van der Waals surface area contributed by atoms with Crippen molar-refractivity contribution in [2.75, 3.05) is 18.4 Å². The third kappa shape index (κ3) is 4.60. The number of pyridine rings is 1. The highest BCUT2D eigenvalue weighted by Crippen LogP contribution is 2.34. The molecule has 1 aromatic rings. The van der Waals surface area contributed by atoms with Gasteiger partial charge >= 0.3 is 16.1 Å². The summed E-state index contributed by atoms with van der Waals surface area (Å²) < 4.78 is 26.0. The van der Waals surface area contributed by atoms with E-state index in [1.807, 2.05) is 13.8 Å². The first kappa shape index (κ1) is 19.0. The van der Waals surface area contributed by atoms with E-state index in [1.165, 1.54) is 11.0 Å². The van der Waals surface area contributed by atoms with Crippen molar-refractivity contribution >= 4 is 21.9 Å². The summed E-state index contributed by atoms with van der Waals surface area (Å²) in [6.45, 7) is 9.91. The summed E-state index contributed by atoms with van der Waals surface area (Å²) in [7, 11) is -3.90. The zero-order chi connectivity index (χ0) is 18.7. The van der Waals surface area contributed by atoms with Crippen molar-refractivity contribution in [2.24, 2.45) is 5.92 Å². The number of rotatable bonds is 6. The molecule has 0 aliphatic carbocycles. The van der Waals surface area contributed by atoms with Gasteiger partial charge in [0.2, 0.25) is 5.03 Å². The van der Waals surface area contributed by atoms with Crippen LogP contribution < -0.4 is 5.32 Å². The molecule has 0 unspecified atom stereocenters. The van der Waals surface area contributed by atoms with Gasteiger partial charge in [-0.25, -0.2) is 9.78 Å². The van der Waals surface area contributed by atoms with E-state index in [4.69, 9.17) is 6.57 Å². The Balaban J connectivity index is 1.84. The van der Waals surface area contributed by atoms with E-state index in [9.17, 15) is 18.3 Å². The molecule has 0 saturated carbocycles. The van der Waals surface area contributed by atoms with E-state index in [1.54, 1.807) is 12.1 Å². The number of nitrogens with zero attached hydrogens (tertiary/aromatic N) is 3. The summed E-state index contributed by atoms with van der Waals surface area (Å²) in [6, 6.07) is 4.57. The van der Waals surface area contributed by atoms with Gasteiger partial charge in [-0.2, -0.15) is 0 Å². The SMILES string of the molecule is C#[N+]S(=O)(=O)c1cccc(NCCC[C@@H]2CN(C(=O)O)C(C)(C)C2)n1. The summed E-state index contributed by atoms with van der Waals surface area (Å²) in [6.07, 6.45) is 1.67. The number of sulfonamides is 1. The zero-order valence-corrected chi connectivity index (χ0v) is 15.2. The third-order valence-electron chi connectivity index (χ3n) is 4.41. The molecule has 0 spiro atoms. The highest BCUT2D eigenvalue weighted by molar-refractivity contribution is 7.93. The molecule has 1 atom stereocenters. The Kier molecular flexibility index (Phi) is 5.52. The number of nitrogens with one attached hydrogen (secondary N) is 1. The molecule has 8 nitrogen and oxygen atoms in total. The van der Waals surface area contributed by atoms with Gasteiger partial charge in [0.1, 0.15) is 5.82 Å². The molecule has 25 heavy (non-hydrogen) atoms. The lowest BCUT2D eigenvalue weighted by atomic mass is 9.93. The summed E-state index contributed by atoms with van der Waals surface area (Å²) in [5.74, 6) is 0.757. The number of hydrogen-bond donors (Lipinski definition) is 2. The minimum Gasteiger partial charge on any atom is -0.465 e. The second-order valence-corrected chi connectivity index (χ2v) is 8.37. The molecule has 1 aromatic heterocycles. The zero-order valence-electron chi connectivity index (χ0n) is 14.3. The first-order valence-corrected chi connectivity index (χ1v) is 9.48. The fourth-order valence-electron chi connectivity index (χ4n) is 3.24. The topological polar surface area (TPSA) is 104 Å². The van der Waals surface area contributed by atoms with Crippen LogP contribution in [0.4, 0.5) is 10.6 Å². The quantitative estimate of drug-likeness (QED) is 0.749. The Hall–Kier alpha value is -2.34. The molecule has 1 fully saturated rings. The average molecular weight is 367 g/mol. The molecule has 1 aliphatic rings. The van der Waals surface area contributed by atoms with E-state index in [2.05, 4.69) is 14.6 Å². The summed E-state index contributed by atoms with van der Waals surface area (Å²) in [4.78, 5) is 16.7. The van der Waals surface area contributed by atoms with Crippen LogP contribution in [-0.2, 0) is 10.0 Å². The Morgan fingerprint density at radius 2 is 2.24 bits per heavy atom. The van der Waals surface area contributed by atoms with Crippen LogP contribution in [0.5, 0.6) is 0 Å². The summed E-state index contributed by atoms with van der Waals surface area (Å²) >= 11 is 0. The third-order valence-corrected chi connectivity index (χ3v) is 5.45. The minimum atomic E-state index is -3.90. The Morgan fingerprint density at radius 3 is 2.84 bits per heavy atom. The van der Waals surface area contributed by atoms with Crippen LogP contribution in [0.2, 0.25) is 0 Å². The minimum absolute atomic E-state index is 0.199. The van der Waals surface area contributed by atoms with Gasteiger partial charge in [-0.3, -0.25) is 0 Å². The van der Waals surface area contributed by atoms with E-state index in [0.717, 1.165) is 19.3 Å². The van der Waals surface area contributed by atoms with E-state index < -0.39 is 16.1 Å². The van der Waals surface area contributed by atoms with E-state index >= 15 is 0 Å². The molecule has 1 aliphatic heterocycles. The van der Waals surface area contributed by atoms with Crippen LogP contribution in [0.3, 0.4) is 0 Å². The van der Waals surface area contributed by atoms with Gasteiger partial charge in [0.25, 0.3) is 6.57 Å². The fraction of sp³-hybridized carbons (Fsp3) is 0.562. The molecule has 0 bridgehead atoms. The number of carbonyl (C=O) groups is 1. The van der Waals surface area contributed by atoms with Gasteiger partial charge in [0, 0.05) is 18.6 Å². The molecule has 9 heteroatoms. The van der Waals surface area contributed by atoms with Crippen LogP contribution >= 0.6 is 0 Å². The van der Waals surface area contributed by atoms with Crippen LogP contribution in [0.1, 0.15) is 33.1 Å². The monoisotopic (exact) mass is 367 g/mol. The van der Waals surface area contributed by atoms with Crippen LogP contribution in [-0.4, -0.2) is 48.1 Å². The molecule has 1 amide bonds. The molecule has 2 heterocycles. The predicted octanol–water partition coefficient (Wildman–Crippen LogP) is 2.70. The normalized spacial score (nSPS) is 19.4. The lowest BCUT2D eigenvalue weighted by Gasteiger charge is -2.28. The van der Waals surface area contributed by atoms with Crippen molar-refractivity contribution < 1.29 is 18.3 Å². The lowest BCUT2D eigenvalue weighted by molar-refractivity contribution is 0.117. The van der Waals surface area contributed by atoms with Gasteiger partial charge in [-0.1, -0.05) is 6.07 Å². The molecule has 2 rings (SSSR count). The number of aromatic nitrogens is 1. The number of hydrogen-bond acceptors (Lipinski definition) is 5. The molecular weight excluding hydrogens is 344 g/mol. The Bertz CT molecular complexity index is 786. The second kappa shape index (κ2) is 7.27.